The lowest BCUT2D eigenvalue weighted by atomic mass is 9.72. The van der Waals surface area contributed by atoms with Crippen LogP contribution < -0.4 is 10.3 Å². The van der Waals surface area contributed by atoms with Gasteiger partial charge >= 0.3 is 0 Å². The van der Waals surface area contributed by atoms with Gasteiger partial charge in [-0.25, -0.2) is 0 Å². The maximum absolute atomic E-state index is 12.6. The second kappa shape index (κ2) is 6.84. The van der Waals surface area contributed by atoms with Gasteiger partial charge in [0.1, 0.15) is 12.9 Å². The molecule has 1 heterocycles. The number of rotatable bonds is 4. The lowest BCUT2D eigenvalue weighted by molar-refractivity contribution is 0.190. The predicted molar refractivity (Wildman–Crippen MR) is 97.9 cm³/mol. The summed E-state index contributed by atoms with van der Waals surface area (Å²) in [4.78, 5) is 15.7. The largest absolute Gasteiger partial charge is 0.489 e. The number of hydrogen-bond donors (Lipinski definition) is 1. The maximum Gasteiger partial charge on any atom is 0.259 e. The number of ether oxygens (including phenoxy) is 1. The Morgan fingerprint density at radius 3 is 2.50 bits per heavy atom. The van der Waals surface area contributed by atoms with Crippen molar-refractivity contribution in [2.75, 3.05) is 0 Å². The van der Waals surface area contributed by atoms with Crippen LogP contribution >= 0.6 is 0 Å². The van der Waals surface area contributed by atoms with Crippen LogP contribution in [0.5, 0.6) is 5.75 Å². The van der Waals surface area contributed by atoms with Crippen molar-refractivity contribution in [3.05, 3.63) is 59.6 Å². The Hall–Kier alpha value is -2.03. The van der Waals surface area contributed by atoms with Crippen LogP contribution in [-0.2, 0) is 6.42 Å². The molecule has 127 valence electrons. The van der Waals surface area contributed by atoms with Crippen LogP contribution in [0, 0.1) is 18.4 Å². The van der Waals surface area contributed by atoms with Gasteiger partial charge in [0.25, 0.3) is 5.56 Å². The zero-order valence-electron chi connectivity index (χ0n) is 14.6. The van der Waals surface area contributed by atoms with Crippen LogP contribution in [0.3, 0.4) is 0 Å². The van der Waals surface area contributed by atoms with Gasteiger partial charge in [0, 0.05) is 11.8 Å². The van der Waals surface area contributed by atoms with Gasteiger partial charge in [0.15, 0.2) is 0 Å². The van der Waals surface area contributed by atoms with Crippen molar-refractivity contribution < 1.29 is 4.74 Å². The van der Waals surface area contributed by atoms with E-state index in [2.05, 4.69) is 25.9 Å². The Bertz CT molecular complexity index is 736. The summed E-state index contributed by atoms with van der Waals surface area (Å²) in [6, 6.07) is 11.5. The zero-order valence-corrected chi connectivity index (χ0v) is 14.6. The monoisotopic (exact) mass is 324 g/mol. The van der Waals surface area contributed by atoms with Gasteiger partial charge in [-0.3, -0.25) is 4.79 Å². The molecular formula is C21H26NO2. The normalized spacial score (nSPS) is 17.6. The van der Waals surface area contributed by atoms with Gasteiger partial charge in [-0.15, -0.1) is 0 Å². The second-order valence-electron chi connectivity index (χ2n) is 7.69. The molecule has 1 aromatic carbocycles. The van der Waals surface area contributed by atoms with Crippen molar-refractivity contribution >= 4 is 0 Å². The third-order valence-corrected chi connectivity index (χ3v) is 5.24. The Kier molecular flexibility index (Phi) is 4.79. The average molecular weight is 324 g/mol. The highest BCUT2D eigenvalue weighted by Gasteiger charge is 2.27. The van der Waals surface area contributed by atoms with Crippen LogP contribution in [0.15, 0.2) is 41.2 Å². The van der Waals surface area contributed by atoms with Crippen molar-refractivity contribution in [1.82, 2.24) is 4.98 Å². The van der Waals surface area contributed by atoms with Crippen molar-refractivity contribution in [1.29, 1.82) is 0 Å². The summed E-state index contributed by atoms with van der Waals surface area (Å²) >= 11 is 0. The first kappa shape index (κ1) is 16.8. The fourth-order valence-electron chi connectivity index (χ4n) is 3.66. The summed E-state index contributed by atoms with van der Waals surface area (Å²) in [6.45, 7) is 4.68. The number of benzene rings is 1. The summed E-state index contributed by atoms with van der Waals surface area (Å²) in [6.07, 6.45) is 5.84. The first-order chi connectivity index (χ1) is 11.5. The van der Waals surface area contributed by atoms with Crippen molar-refractivity contribution in [3.63, 3.8) is 0 Å². The molecule has 3 rings (SSSR count). The van der Waals surface area contributed by atoms with Crippen LogP contribution in [0.4, 0.5) is 0 Å². The topological polar surface area (TPSA) is 42.1 Å². The van der Waals surface area contributed by atoms with Gasteiger partial charge < -0.3 is 9.72 Å². The number of aromatic amines is 1. The zero-order chi connectivity index (χ0) is 17.2. The molecule has 24 heavy (non-hydrogen) atoms. The standard InChI is InChI=1S/C21H26NO2/c1-21(2)11-9-15(10-12-21)13-17-14-18(24-3)19(20(23)22-17)16-7-5-4-6-8-16/h4-8,14-15H,3,9-13H2,1-2H3,(H,22,23). The quantitative estimate of drug-likeness (QED) is 0.862. The van der Waals surface area contributed by atoms with Gasteiger partial charge in [0.05, 0.1) is 5.56 Å². The first-order valence-corrected chi connectivity index (χ1v) is 8.72. The molecule has 1 N–H and O–H groups in total. The fraction of sp³-hybridized carbons (Fsp3) is 0.429. The third-order valence-electron chi connectivity index (χ3n) is 5.24. The molecule has 1 saturated carbocycles. The van der Waals surface area contributed by atoms with E-state index in [1.54, 1.807) is 0 Å². The van der Waals surface area contributed by atoms with Gasteiger partial charge in [-0.05, 0) is 49.0 Å². The molecule has 0 bridgehead atoms. The second-order valence-corrected chi connectivity index (χ2v) is 7.69. The summed E-state index contributed by atoms with van der Waals surface area (Å²) in [7, 11) is 3.54. The third kappa shape index (κ3) is 3.72. The Morgan fingerprint density at radius 1 is 1.21 bits per heavy atom. The van der Waals surface area contributed by atoms with Crippen LogP contribution in [-0.4, -0.2) is 4.98 Å². The van der Waals surface area contributed by atoms with E-state index >= 15 is 0 Å². The summed E-state index contributed by atoms with van der Waals surface area (Å²) in [5, 5.41) is 0. The maximum atomic E-state index is 12.6. The van der Waals surface area contributed by atoms with Crippen molar-refractivity contribution in [2.24, 2.45) is 11.3 Å². The Balaban J connectivity index is 1.84. The average Bonchev–Trinajstić information content (AvgIpc) is 2.57. The highest BCUT2D eigenvalue weighted by atomic mass is 16.5. The molecule has 0 unspecified atom stereocenters. The molecule has 0 aliphatic heterocycles. The van der Waals surface area contributed by atoms with Crippen molar-refractivity contribution in [3.8, 4) is 16.9 Å². The molecule has 1 fully saturated rings. The SMILES string of the molecule is [CH2]Oc1cc(CC2CCC(C)(C)CC2)[nH]c(=O)c1-c1ccccc1. The van der Waals surface area contributed by atoms with E-state index < -0.39 is 0 Å². The minimum absolute atomic E-state index is 0.103. The van der Waals surface area contributed by atoms with E-state index in [0.29, 0.717) is 22.6 Å². The van der Waals surface area contributed by atoms with E-state index in [4.69, 9.17) is 4.74 Å². The van der Waals surface area contributed by atoms with E-state index in [0.717, 1.165) is 17.7 Å². The fourth-order valence-corrected chi connectivity index (χ4v) is 3.66. The number of hydrogen-bond acceptors (Lipinski definition) is 2. The minimum atomic E-state index is -0.103. The molecule has 0 saturated heterocycles. The predicted octanol–water partition coefficient (Wildman–Crippen LogP) is 4.97. The van der Waals surface area contributed by atoms with Crippen molar-refractivity contribution in [2.45, 2.75) is 46.0 Å². The summed E-state index contributed by atoms with van der Waals surface area (Å²) < 4.78 is 5.27. The van der Waals surface area contributed by atoms with E-state index in [9.17, 15) is 4.79 Å². The van der Waals surface area contributed by atoms with E-state index in [-0.39, 0.29) is 5.56 Å². The molecular weight excluding hydrogens is 298 g/mol. The molecule has 0 atom stereocenters. The molecule has 1 aliphatic rings. The van der Waals surface area contributed by atoms with Crippen LogP contribution in [0.1, 0.15) is 45.2 Å². The van der Waals surface area contributed by atoms with Crippen LogP contribution in [0.25, 0.3) is 11.1 Å². The van der Waals surface area contributed by atoms with E-state index in [1.165, 1.54) is 25.7 Å². The highest BCUT2D eigenvalue weighted by Crippen LogP contribution is 2.39. The lowest BCUT2D eigenvalue weighted by Crippen LogP contribution is -2.23. The first-order valence-electron chi connectivity index (χ1n) is 8.72. The molecule has 0 amide bonds. The van der Waals surface area contributed by atoms with E-state index in [1.807, 2.05) is 36.4 Å². The number of aromatic nitrogens is 1. The van der Waals surface area contributed by atoms with Gasteiger partial charge in [0.2, 0.25) is 0 Å². The number of H-pyrrole nitrogens is 1. The molecule has 0 spiro atoms. The highest BCUT2D eigenvalue weighted by molar-refractivity contribution is 5.69. The van der Waals surface area contributed by atoms with Gasteiger partial charge in [-0.1, -0.05) is 44.2 Å². The molecule has 3 heteroatoms. The van der Waals surface area contributed by atoms with Crippen LogP contribution in [0.2, 0.25) is 0 Å². The molecule has 2 aromatic rings. The Labute approximate surface area is 144 Å². The summed E-state index contributed by atoms with van der Waals surface area (Å²) in [5.41, 5.74) is 2.71. The Morgan fingerprint density at radius 2 is 1.88 bits per heavy atom. The molecule has 1 aromatic heterocycles. The molecule has 3 nitrogen and oxygen atoms in total. The van der Waals surface area contributed by atoms with Gasteiger partial charge in [-0.2, -0.15) is 0 Å². The number of nitrogens with one attached hydrogen (secondary N) is 1. The summed E-state index contributed by atoms with van der Waals surface area (Å²) in [5.74, 6) is 1.19. The molecule has 1 aliphatic carbocycles. The smallest absolute Gasteiger partial charge is 0.259 e. The minimum Gasteiger partial charge on any atom is -0.489 e. The molecule has 1 radical (unpaired) electrons. The lowest BCUT2D eigenvalue weighted by Gasteiger charge is -2.34. The number of pyridine rings is 1.